The topological polar surface area (TPSA) is 0 Å². The van der Waals surface area contributed by atoms with Gasteiger partial charge in [0, 0.05) is 0 Å². The highest BCUT2D eigenvalue weighted by Crippen LogP contribution is 2.33. The van der Waals surface area contributed by atoms with Gasteiger partial charge in [0.05, 0.1) is 0 Å². The van der Waals surface area contributed by atoms with Crippen LogP contribution in [0.15, 0.2) is 72.3 Å². The van der Waals surface area contributed by atoms with E-state index in [1.807, 2.05) is 0 Å². The average molecular weight is 413 g/mol. The maximum Gasteiger partial charge on any atom is -0.0155 e. The second kappa shape index (κ2) is 11.0. The fraction of sp³-hybridized carbons (Fsp3) is 0.484. The van der Waals surface area contributed by atoms with E-state index in [1.165, 1.54) is 79.2 Å². The number of benzene rings is 2. The molecule has 0 saturated heterocycles. The Morgan fingerprint density at radius 3 is 1.52 bits per heavy atom. The number of aryl methyl sites for hydroxylation is 1. The minimum absolute atomic E-state index is 0.676. The van der Waals surface area contributed by atoms with Crippen LogP contribution in [0, 0.1) is 17.8 Å². The monoisotopic (exact) mass is 412 g/mol. The molecule has 164 valence electrons. The number of hydrogen-bond donors (Lipinski definition) is 0. The van der Waals surface area contributed by atoms with Gasteiger partial charge in [-0.3, -0.25) is 0 Å². The molecule has 0 nitrogen and oxygen atoms in total. The van der Waals surface area contributed by atoms with Gasteiger partial charge in [-0.2, -0.15) is 0 Å². The second-order valence-electron chi connectivity index (χ2n) is 9.97. The van der Waals surface area contributed by atoms with Crippen LogP contribution in [0.5, 0.6) is 0 Å². The largest absolute Gasteiger partial charge is 0.0807 e. The van der Waals surface area contributed by atoms with Crippen LogP contribution in [0.2, 0.25) is 0 Å². The summed E-state index contributed by atoms with van der Waals surface area (Å²) in [5, 5.41) is 0. The van der Waals surface area contributed by atoms with Crippen molar-refractivity contribution in [3.05, 3.63) is 94.6 Å². The molecule has 1 saturated carbocycles. The molecular weight excluding hydrogens is 372 g/mol. The predicted molar refractivity (Wildman–Crippen MR) is 134 cm³/mol. The molecule has 0 heterocycles. The molecule has 0 bridgehead atoms. The molecule has 1 fully saturated rings. The van der Waals surface area contributed by atoms with Crippen molar-refractivity contribution in [2.75, 3.05) is 0 Å². The summed E-state index contributed by atoms with van der Waals surface area (Å²) in [4.78, 5) is 0. The van der Waals surface area contributed by atoms with Crippen LogP contribution in [0.3, 0.4) is 0 Å². The first-order valence-electron chi connectivity index (χ1n) is 12.7. The lowest BCUT2D eigenvalue weighted by Gasteiger charge is -2.29. The van der Waals surface area contributed by atoms with Gasteiger partial charge in [0.2, 0.25) is 0 Å². The summed E-state index contributed by atoms with van der Waals surface area (Å²) in [5.74, 6) is 2.44. The third-order valence-electron chi connectivity index (χ3n) is 7.64. The summed E-state index contributed by atoms with van der Waals surface area (Å²) in [6, 6.07) is 18.9. The van der Waals surface area contributed by atoms with E-state index >= 15 is 0 Å². The molecule has 2 aliphatic rings. The quantitative estimate of drug-likeness (QED) is 0.409. The Kier molecular flexibility index (Phi) is 7.84. The van der Waals surface area contributed by atoms with Gasteiger partial charge in [-0.05, 0) is 104 Å². The van der Waals surface area contributed by atoms with Crippen LogP contribution >= 0.6 is 0 Å². The van der Waals surface area contributed by atoms with Gasteiger partial charge >= 0.3 is 0 Å². The van der Waals surface area contributed by atoms with Crippen LogP contribution < -0.4 is 0 Å². The van der Waals surface area contributed by atoms with Crippen molar-refractivity contribution < 1.29 is 0 Å². The highest BCUT2D eigenvalue weighted by molar-refractivity contribution is 5.27. The van der Waals surface area contributed by atoms with Crippen LogP contribution in [0.25, 0.3) is 0 Å². The molecular formula is C31H40. The van der Waals surface area contributed by atoms with Gasteiger partial charge in [0.1, 0.15) is 0 Å². The Balaban J connectivity index is 1.20. The van der Waals surface area contributed by atoms with Crippen molar-refractivity contribution in [2.24, 2.45) is 17.8 Å². The van der Waals surface area contributed by atoms with Gasteiger partial charge in [0.25, 0.3) is 0 Å². The van der Waals surface area contributed by atoms with Gasteiger partial charge in [-0.25, -0.2) is 0 Å². The maximum atomic E-state index is 2.43. The third-order valence-corrected chi connectivity index (χ3v) is 7.64. The third kappa shape index (κ3) is 6.45. The van der Waals surface area contributed by atoms with E-state index in [-0.39, 0.29) is 0 Å². The highest BCUT2D eigenvalue weighted by atomic mass is 14.3. The molecule has 1 atom stereocenters. The summed E-state index contributed by atoms with van der Waals surface area (Å²) in [5.41, 5.74) is 7.51. The first-order valence-corrected chi connectivity index (χ1v) is 12.7. The normalized spacial score (nSPS) is 23.5. The van der Waals surface area contributed by atoms with E-state index in [0.717, 1.165) is 24.7 Å². The molecule has 0 amide bonds. The van der Waals surface area contributed by atoms with Gasteiger partial charge in [0.15, 0.2) is 0 Å². The second-order valence-corrected chi connectivity index (χ2v) is 9.97. The molecule has 0 spiro atoms. The Hall–Kier alpha value is -2.08. The Morgan fingerprint density at radius 2 is 1.10 bits per heavy atom. The molecule has 0 heteroatoms. The van der Waals surface area contributed by atoms with Crippen molar-refractivity contribution in [3.63, 3.8) is 0 Å². The van der Waals surface area contributed by atoms with Crippen molar-refractivity contribution in [1.29, 1.82) is 0 Å². The molecule has 0 aliphatic heterocycles. The number of hydrogen-bond acceptors (Lipinski definition) is 0. The van der Waals surface area contributed by atoms with E-state index in [9.17, 15) is 0 Å². The molecule has 2 aliphatic carbocycles. The molecule has 2 aromatic carbocycles. The van der Waals surface area contributed by atoms with E-state index in [2.05, 4.69) is 80.6 Å². The molecule has 0 radical (unpaired) electrons. The minimum atomic E-state index is 0.676. The molecule has 0 N–H and O–H groups in total. The zero-order valence-corrected chi connectivity index (χ0v) is 19.7. The fourth-order valence-electron chi connectivity index (χ4n) is 5.45. The van der Waals surface area contributed by atoms with Crippen molar-refractivity contribution in [3.8, 4) is 0 Å². The molecule has 0 aromatic heterocycles. The summed E-state index contributed by atoms with van der Waals surface area (Å²) in [6.07, 6.45) is 20.0. The summed E-state index contributed by atoms with van der Waals surface area (Å²) in [6.45, 7) is 4.48. The summed E-state index contributed by atoms with van der Waals surface area (Å²) in [7, 11) is 0. The first-order chi connectivity index (χ1) is 15.2. The summed E-state index contributed by atoms with van der Waals surface area (Å²) < 4.78 is 0. The van der Waals surface area contributed by atoms with Gasteiger partial charge in [-0.1, -0.05) is 86.2 Å². The van der Waals surface area contributed by atoms with Crippen molar-refractivity contribution >= 4 is 0 Å². The molecule has 1 unspecified atom stereocenters. The SMILES string of the molecule is CCC1=CCC(Cc2ccc(CC3CCC(Cc4ccc(CC)cc4)CC3)cc2)C=C1. The molecule has 4 rings (SSSR count). The van der Waals surface area contributed by atoms with Crippen LogP contribution in [-0.4, -0.2) is 0 Å². The van der Waals surface area contributed by atoms with Crippen LogP contribution in [0.1, 0.15) is 74.6 Å². The molecule has 31 heavy (non-hydrogen) atoms. The van der Waals surface area contributed by atoms with E-state index < -0.39 is 0 Å². The van der Waals surface area contributed by atoms with E-state index in [0.29, 0.717) is 5.92 Å². The number of rotatable bonds is 8. The standard InChI is InChI=1S/C31H40/c1-3-24-5-9-26(10-6-24)21-28-13-17-30(18-14-28)23-31-19-15-29(16-20-31)22-27-11-7-25(4-2)8-12-27/h5-11,15-16,19-20,27-28,30H,3-4,12-14,17-18,21-23H2,1-2H3. The zero-order chi connectivity index (χ0) is 21.5. The first kappa shape index (κ1) is 22.1. The van der Waals surface area contributed by atoms with Crippen molar-refractivity contribution in [1.82, 2.24) is 0 Å². The van der Waals surface area contributed by atoms with Crippen molar-refractivity contribution in [2.45, 2.75) is 78.1 Å². The Labute approximate surface area is 190 Å². The lowest BCUT2D eigenvalue weighted by atomic mass is 9.77. The molecule has 2 aromatic rings. The van der Waals surface area contributed by atoms with Crippen LogP contribution in [0.4, 0.5) is 0 Å². The average Bonchev–Trinajstić information content (AvgIpc) is 2.82. The Morgan fingerprint density at radius 1 is 0.613 bits per heavy atom. The maximum absolute atomic E-state index is 2.43. The fourth-order valence-corrected chi connectivity index (χ4v) is 5.45. The highest BCUT2D eigenvalue weighted by Gasteiger charge is 2.21. The van der Waals surface area contributed by atoms with E-state index in [4.69, 9.17) is 0 Å². The lowest BCUT2D eigenvalue weighted by molar-refractivity contribution is 0.272. The lowest BCUT2D eigenvalue weighted by Crippen LogP contribution is -2.18. The van der Waals surface area contributed by atoms with Gasteiger partial charge in [-0.15, -0.1) is 0 Å². The minimum Gasteiger partial charge on any atom is -0.0807 e. The zero-order valence-electron chi connectivity index (χ0n) is 19.7. The van der Waals surface area contributed by atoms with E-state index in [1.54, 1.807) is 0 Å². The predicted octanol–water partition coefficient (Wildman–Crippen LogP) is 8.30. The smallest absolute Gasteiger partial charge is 0.0155 e. The van der Waals surface area contributed by atoms with Gasteiger partial charge < -0.3 is 0 Å². The number of allylic oxidation sites excluding steroid dienone is 4. The summed E-state index contributed by atoms with van der Waals surface area (Å²) >= 11 is 0. The Bertz CT molecular complexity index is 857. The van der Waals surface area contributed by atoms with Crippen LogP contribution in [-0.2, 0) is 25.7 Å².